The standard InChI is InChI=1S/C21H21N/c1-15-8-9-19(14-17(15)3)18-10-12-20(13-11-18)22-21-7-5-4-6-16(21)2/h4-14,22H,1-3H3. The highest BCUT2D eigenvalue weighted by Crippen LogP contribution is 2.25. The van der Waals surface area contributed by atoms with E-state index in [1.54, 1.807) is 0 Å². The molecule has 0 saturated carbocycles. The molecular formula is C21H21N. The lowest BCUT2D eigenvalue weighted by Gasteiger charge is -2.11. The van der Waals surface area contributed by atoms with E-state index in [0.29, 0.717) is 0 Å². The van der Waals surface area contributed by atoms with Crippen molar-refractivity contribution < 1.29 is 0 Å². The minimum atomic E-state index is 1.11. The molecule has 0 bridgehead atoms. The Balaban J connectivity index is 1.83. The first-order chi connectivity index (χ1) is 10.6. The smallest absolute Gasteiger partial charge is 0.0413 e. The molecule has 0 aliphatic carbocycles. The van der Waals surface area contributed by atoms with E-state index < -0.39 is 0 Å². The quantitative estimate of drug-likeness (QED) is 0.621. The van der Waals surface area contributed by atoms with Crippen LogP contribution in [0.4, 0.5) is 11.4 Å². The summed E-state index contributed by atoms with van der Waals surface area (Å²) >= 11 is 0. The van der Waals surface area contributed by atoms with Crippen LogP contribution in [0.1, 0.15) is 16.7 Å². The average Bonchev–Trinajstić information content (AvgIpc) is 2.53. The third-order valence-corrected chi connectivity index (χ3v) is 4.15. The van der Waals surface area contributed by atoms with Crippen molar-refractivity contribution in [1.82, 2.24) is 0 Å². The number of benzene rings is 3. The molecule has 0 radical (unpaired) electrons. The van der Waals surface area contributed by atoms with Gasteiger partial charge in [0.1, 0.15) is 0 Å². The molecule has 0 aliphatic rings. The molecule has 3 aromatic carbocycles. The number of nitrogens with one attached hydrogen (secondary N) is 1. The first kappa shape index (κ1) is 14.4. The molecule has 0 amide bonds. The number of rotatable bonds is 3. The minimum absolute atomic E-state index is 1.11. The van der Waals surface area contributed by atoms with Gasteiger partial charge in [-0.3, -0.25) is 0 Å². The van der Waals surface area contributed by atoms with Gasteiger partial charge in [-0.2, -0.15) is 0 Å². The summed E-state index contributed by atoms with van der Waals surface area (Å²) in [4.78, 5) is 0. The van der Waals surface area contributed by atoms with Gasteiger partial charge >= 0.3 is 0 Å². The van der Waals surface area contributed by atoms with E-state index in [1.165, 1.54) is 27.8 Å². The van der Waals surface area contributed by atoms with Gasteiger partial charge in [0.05, 0.1) is 0 Å². The van der Waals surface area contributed by atoms with Crippen LogP contribution < -0.4 is 5.32 Å². The maximum atomic E-state index is 3.47. The Labute approximate surface area is 132 Å². The van der Waals surface area contributed by atoms with E-state index >= 15 is 0 Å². The van der Waals surface area contributed by atoms with Crippen molar-refractivity contribution in [1.29, 1.82) is 0 Å². The molecule has 0 spiro atoms. The van der Waals surface area contributed by atoms with E-state index in [-0.39, 0.29) is 0 Å². The lowest BCUT2D eigenvalue weighted by atomic mass is 10.0. The van der Waals surface area contributed by atoms with Gasteiger partial charge in [-0.05, 0) is 66.8 Å². The van der Waals surface area contributed by atoms with Gasteiger partial charge in [-0.25, -0.2) is 0 Å². The third-order valence-electron chi connectivity index (χ3n) is 4.15. The Hall–Kier alpha value is -2.54. The van der Waals surface area contributed by atoms with Crippen LogP contribution >= 0.6 is 0 Å². The summed E-state index contributed by atoms with van der Waals surface area (Å²) in [6.07, 6.45) is 0. The molecule has 110 valence electrons. The van der Waals surface area contributed by atoms with Crippen LogP contribution in [0.25, 0.3) is 11.1 Å². The first-order valence-corrected chi connectivity index (χ1v) is 7.64. The topological polar surface area (TPSA) is 12.0 Å². The molecule has 0 unspecified atom stereocenters. The van der Waals surface area contributed by atoms with E-state index in [4.69, 9.17) is 0 Å². The molecule has 1 heteroatoms. The van der Waals surface area contributed by atoms with Crippen LogP contribution in [0.15, 0.2) is 66.7 Å². The van der Waals surface area contributed by atoms with Crippen LogP contribution in [0.5, 0.6) is 0 Å². The minimum Gasteiger partial charge on any atom is -0.355 e. The molecular weight excluding hydrogens is 266 g/mol. The monoisotopic (exact) mass is 287 g/mol. The van der Waals surface area contributed by atoms with Crippen molar-refractivity contribution in [2.24, 2.45) is 0 Å². The van der Waals surface area contributed by atoms with Crippen LogP contribution in [0.2, 0.25) is 0 Å². The molecule has 0 fully saturated rings. The molecule has 1 nitrogen and oxygen atoms in total. The molecule has 0 heterocycles. The summed E-state index contributed by atoms with van der Waals surface area (Å²) in [7, 11) is 0. The fourth-order valence-electron chi connectivity index (χ4n) is 2.54. The highest BCUT2D eigenvalue weighted by atomic mass is 14.9. The summed E-state index contributed by atoms with van der Waals surface area (Å²) in [5, 5.41) is 3.47. The summed E-state index contributed by atoms with van der Waals surface area (Å²) in [6, 6.07) is 23.6. The maximum absolute atomic E-state index is 3.47. The Bertz CT molecular complexity index is 785. The van der Waals surface area contributed by atoms with E-state index in [0.717, 1.165) is 11.4 Å². The van der Waals surface area contributed by atoms with E-state index in [2.05, 4.69) is 92.8 Å². The number of hydrogen-bond donors (Lipinski definition) is 1. The summed E-state index contributed by atoms with van der Waals surface area (Å²) in [6.45, 7) is 6.42. The van der Waals surface area contributed by atoms with Gasteiger partial charge in [-0.15, -0.1) is 0 Å². The van der Waals surface area contributed by atoms with Crippen molar-refractivity contribution in [2.75, 3.05) is 5.32 Å². The Morgan fingerprint density at radius 1 is 0.591 bits per heavy atom. The Kier molecular flexibility index (Phi) is 3.97. The summed E-state index contributed by atoms with van der Waals surface area (Å²) in [5.41, 5.74) is 8.70. The predicted molar refractivity (Wildman–Crippen MR) is 95.8 cm³/mol. The third kappa shape index (κ3) is 3.04. The van der Waals surface area contributed by atoms with Gasteiger partial charge in [0.25, 0.3) is 0 Å². The highest BCUT2D eigenvalue weighted by molar-refractivity contribution is 5.70. The molecule has 1 N–H and O–H groups in total. The molecule has 0 aromatic heterocycles. The van der Waals surface area contributed by atoms with Gasteiger partial charge in [0.15, 0.2) is 0 Å². The molecule has 3 rings (SSSR count). The van der Waals surface area contributed by atoms with Crippen molar-refractivity contribution >= 4 is 11.4 Å². The molecule has 0 saturated heterocycles. The zero-order valence-electron chi connectivity index (χ0n) is 13.4. The van der Waals surface area contributed by atoms with Crippen molar-refractivity contribution in [3.8, 4) is 11.1 Å². The SMILES string of the molecule is Cc1ccc(-c2ccc(Nc3ccccc3C)cc2)cc1C. The van der Waals surface area contributed by atoms with Gasteiger partial charge < -0.3 is 5.32 Å². The van der Waals surface area contributed by atoms with Gasteiger partial charge in [0, 0.05) is 11.4 Å². The largest absolute Gasteiger partial charge is 0.355 e. The van der Waals surface area contributed by atoms with Crippen molar-refractivity contribution in [3.05, 3.63) is 83.4 Å². The summed E-state index contributed by atoms with van der Waals surface area (Å²) < 4.78 is 0. The Morgan fingerprint density at radius 3 is 1.95 bits per heavy atom. The van der Waals surface area contributed by atoms with Crippen LogP contribution in [-0.2, 0) is 0 Å². The van der Waals surface area contributed by atoms with Crippen LogP contribution in [0.3, 0.4) is 0 Å². The zero-order valence-corrected chi connectivity index (χ0v) is 13.4. The number of para-hydroxylation sites is 1. The van der Waals surface area contributed by atoms with E-state index in [1.807, 2.05) is 0 Å². The normalized spacial score (nSPS) is 10.5. The van der Waals surface area contributed by atoms with Gasteiger partial charge in [-0.1, -0.05) is 48.5 Å². The lowest BCUT2D eigenvalue weighted by molar-refractivity contribution is 1.34. The average molecular weight is 287 g/mol. The van der Waals surface area contributed by atoms with Crippen LogP contribution in [0, 0.1) is 20.8 Å². The Morgan fingerprint density at radius 2 is 1.27 bits per heavy atom. The van der Waals surface area contributed by atoms with Gasteiger partial charge in [0.2, 0.25) is 0 Å². The summed E-state index contributed by atoms with van der Waals surface area (Å²) in [5.74, 6) is 0. The second-order valence-electron chi connectivity index (χ2n) is 5.82. The lowest BCUT2D eigenvalue weighted by Crippen LogP contribution is -1.92. The molecule has 22 heavy (non-hydrogen) atoms. The van der Waals surface area contributed by atoms with Crippen LogP contribution in [-0.4, -0.2) is 0 Å². The maximum Gasteiger partial charge on any atom is 0.0413 e. The van der Waals surface area contributed by atoms with E-state index in [9.17, 15) is 0 Å². The number of anilines is 2. The number of hydrogen-bond acceptors (Lipinski definition) is 1. The molecule has 3 aromatic rings. The predicted octanol–water partition coefficient (Wildman–Crippen LogP) is 6.02. The van der Waals surface area contributed by atoms with Crippen molar-refractivity contribution in [3.63, 3.8) is 0 Å². The second kappa shape index (κ2) is 6.07. The highest BCUT2D eigenvalue weighted by Gasteiger charge is 2.01. The molecule has 0 atom stereocenters. The zero-order chi connectivity index (χ0) is 15.5. The fourth-order valence-corrected chi connectivity index (χ4v) is 2.54. The second-order valence-corrected chi connectivity index (χ2v) is 5.82. The fraction of sp³-hybridized carbons (Fsp3) is 0.143. The number of aryl methyl sites for hydroxylation is 3. The molecule has 0 aliphatic heterocycles. The van der Waals surface area contributed by atoms with Crippen molar-refractivity contribution in [2.45, 2.75) is 20.8 Å². The first-order valence-electron chi connectivity index (χ1n) is 7.64.